The SMILES string of the molecule is N#CNC(N)=Nc1c2c(nc3ccccc13)CCCC2. The number of nitrogens with one attached hydrogen (secondary N) is 1. The third kappa shape index (κ3) is 2.16. The monoisotopic (exact) mass is 265 g/mol. The number of fused-ring (bicyclic) bond motifs is 2. The molecule has 0 saturated heterocycles. The summed E-state index contributed by atoms with van der Waals surface area (Å²) in [7, 11) is 0. The van der Waals surface area contributed by atoms with E-state index in [-0.39, 0.29) is 5.96 Å². The molecule has 3 N–H and O–H groups in total. The van der Waals surface area contributed by atoms with Crippen LogP contribution >= 0.6 is 0 Å². The van der Waals surface area contributed by atoms with Crippen molar-refractivity contribution in [3.63, 3.8) is 0 Å². The lowest BCUT2D eigenvalue weighted by atomic mass is 9.93. The highest BCUT2D eigenvalue weighted by atomic mass is 15.1. The van der Waals surface area contributed by atoms with Crippen LogP contribution in [0.3, 0.4) is 0 Å². The van der Waals surface area contributed by atoms with Gasteiger partial charge in [-0.05, 0) is 31.7 Å². The van der Waals surface area contributed by atoms with Crippen molar-refractivity contribution in [3.05, 3.63) is 35.5 Å². The zero-order valence-electron chi connectivity index (χ0n) is 11.1. The fraction of sp³-hybridized carbons (Fsp3) is 0.267. The number of nitriles is 1. The topological polar surface area (TPSA) is 87.1 Å². The minimum atomic E-state index is 0.122. The van der Waals surface area contributed by atoms with E-state index in [1.54, 1.807) is 6.19 Å². The van der Waals surface area contributed by atoms with Gasteiger partial charge in [-0.25, -0.2) is 4.99 Å². The van der Waals surface area contributed by atoms with Gasteiger partial charge >= 0.3 is 0 Å². The number of para-hydroxylation sites is 1. The second kappa shape index (κ2) is 5.17. The lowest BCUT2D eigenvalue weighted by Crippen LogP contribution is -2.27. The lowest BCUT2D eigenvalue weighted by Gasteiger charge is -2.18. The number of aromatic nitrogens is 1. The van der Waals surface area contributed by atoms with E-state index in [2.05, 4.69) is 10.3 Å². The first-order valence-electron chi connectivity index (χ1n) is 6.69. The first-order valence-corrected chi connectivity index (χ1v) is 6.69. The van der Waals surface area contributed by atoms with Gasteiger partial charge in [0, 0.05) is 16.6 Å². The molecule has 3 rings (SSSR count). The van der Waals surface area contributed by atoms with Gasteiger partial charge in [0.1, 0.15) is 0 Å². The summed E-state index contributed by atoms with van der Waals surface area (Å²) in [5, 5.41) is 12.0. The van der Waals surface area contributed by atoms with E-state index in [4.69, 9.17) is 16.0 Å². The molecule has 0 radical (unpaired) electrons. The van der Waals surface area contributed by atoms with E-state index in [1.165, 1.54) is 0 Å². The van der Waals surface area contributed by atoms with Crippen LogP contribution in [-0.2, 0) is 12.8 Å². The quantitative estimate of drug-likeness (QED) is 0.358. The molecule has 1 aliphatic rings. The highest BCUT2D eigenvalue weighted by Gasteiger charge is 2.17. The van der Waals surface area contributed by atoms with Crippen LogP contribution in [0.2, 0.25) is 0 Å². The van der Waals surface area contributed by atoms with Crippen molar-refractivity contribution in [2.45, 2.75) is 25.7 Å². The summed E-state index contributed by atoms with van der Waals surface area (Å²) in [5.41, 5.74) is 9.79. The van der Waals surface area contributed by atoms with Crippen molar-refractivity contribution in [2.75, 3.05) is 0 Å². The predicted octanol–water partition coefficient (Wildman–Crippen LogP) is 2.13. The largest absolute Gasteiger partial charge is 0.369 e. The molecule has 5 nitrogen and oxygen atoms in total. The van der Waals surface area contributed by atoms with Crippen molar-refractivity contribution >= 4 is 22.5 Å². The number of hydrogen-bond donors (Lipinski definition) is 2. The average Bonchev–Trinajstić information content (AvgIpc) is 2.47. The molecule has 1 aromatic heterocycles. The summed E-state index contributed by atoms with van der Waals surface area (Å²) >= 11 is 0. The Hall–Kier alpha value is -2.61. The highest BCUT2D eigenvalue weighted by molar-refractivity contribution is 5.95. The van der Waals surface area contributed by atoms with Crippen LogP contribution in [0.15, 0.2) is 29.3 Å². The Kier molecular flexibility index (Phi) is 3.21. The Morgan fingerprint density at radius 1 is 1.30 bits per heavy atom. The number of guanidine groups is 1. The van der Waals surface area contributed by atoms with Crippen LogP contribution in [0.4, 0.5) is 5.69 Å². The predicted molar refractivity (Wildman–Crippen MR) is 78.4 cm³/mol. The molecule has 0 spiro atoms. The molecule has 1 aromatic carbocycles. The van der Waals surface area contributed by atoms with Gasteiger partial charge in [-0.15, -0.1) is 0 Å². The summed E-state index contributed by atoms with van der Waals surface area (Å²) in [5.74, 6) is 0.122. The van der Waals surface area contributed by atoms with Gasteiger partial charge in [-0.1, -0.05) is 18.2 Å². The van der Waals surface area contributed by atoms with Crippen molar-refractivity contribution in [1.82, 2.24) is 10.3 Å². The molecule has 0 bridgehead atoms. The minimum Gasteiger partial charge on any atom is -0.369 e. The maximum absolute atomic E-state index is 8.63. The minimum absolute atomic E-state index is 0.122. The number of benzene rings is 1. The number of hydrogen-bond acceptors (Lipinski definition) is 3. The lowest BCUT2D eigenvalue weighted by molar-refractivity contribution is 0.672. The van der Waals surface area contributed by atoms with Gasteiger partial charge in [0.05, 0.1) is 11.2 Å². The van der Waals surface area contributed by atoms with Crippen LogP contribution in [0.1, 0.15) is 24.1 Å². The van der Waals surface area contributed by atoms with Gasteiger partial charge in [0.2, 0.25) is 5.96 Å². The van der Waals surface area contributed by atoms with E-state index in [9.17, 15) is 0 Å². The van der Waals surface area contributed by atoms with Crippen LogP contribution < -0.4 is 11.1 Å². The Balaban J connectivity index is 2.26. The Bertz CT molecular complexity index is 727. The number of nitrogens with zero attached hydrogens (tertiary/aromatic N) is 3. The summed E-state index contributed by atoms with van der Waals surface area (Å²) in [6.07, 6.45) is 6.04. The van der Waals surface area contributed by atoms with Crippen LogP contribution in [0, 0.1) is 11.5 Å². The molecular weight excluding hydrogens is 250 g/mol. The molecular formula is C15H15N5. The average molecular weight is 265 g/mol. The van der Waals surface area contributed by atoms with Gasteiger partial charge < -0.3 is 5.73 Å². The summed E-state index contributed by atoms with van der Waals surface area (Å²) in [6.45, 7) is 0. The molecule has 0 unspecified atom stereocenters. The molecule has 5 heteroatoms. The number of pyridine rings is 1. The number of aliphatic imine (C=N–C) groups is 1. The molecule has 0 saturated carbocycles. The van der Waals surface area contributed by atoms with Gasteiger partial charge in [0.15, 0.2) is 6.19 Å². The van der Waals surface area contributed by atoms with E-state index < -0.39 is 0 Å². The van der Waals surface area contributed by atoms with E-state index >= 15 is 0 Å². The van der Waals surface area contributed by atoms with Crippen molar-refractivity contribution in [1.29, 1.82) is 5.26 Å². The molecule has 0 aliphatic heterocycles. The van der Waals surface area contributed by atoms with Crippen molar-refractivity contribution in [3.8, 4) is 6.19 Å². The molecule has 100 valence electrons. The summed E-state index contributed by atoms with van der Waals surface area (Å²) in [6, 6.07) is 7.91. The van der Waals surface area contributed by atoms with E-state index in [1.807, 2.05) is 24.3 Å². The van der Waals surface area contributed by atoms with Gasteiger partial charge in [0.25, 0.3) is 0 Å². The number of rotatable bonds is 1. The van der Waals surface area contributed by atoms with Crippen LogP contribution in [0.25, 0.3) is 10.9 Å². The van der Waals surface area contributed by atoms with Crippen LogP contribution in [0.5, 0.6) is 0 Å². The Labute approximate surface area is 117 Å². The Morgan fingerprint density at radius 3 is 2.95 bits per heavy atom. The molecule has 2 aromatic rings. The van der Waals surface area contributed by atoms with Gasteiger partial charge in [-0.2, -0.15) is 5.26 Å². The smallest absolute Gasteiger partial charge is 0.207 e. The molecule has 1 heterocycles. The fourth-order valence-electron chi connectivity index (χ4n) is 2.68. The molecule has 1 aliphatic carbocycles. The molecule has 0 amide bonds. The maximum Gasteiger partial charge on any atom is 0.207 e. The second-order valence-electron chi connectivity index (χ2n) is 4.84. The normalized spacial score (nSPS) is 14.7. The summed E-state index contributed by atoms with van der Waals surface area (Å²) < 4.78 is 0. The third-order valence-electron chi connectivity index (χ3n) is 3.56. The fourth-order valence-corrected chi connectivity index (χ4v) is 2.68. The van der Waals surface area contributed by atoms with Crippen molar-refractivity contribution < 1.29 is 0 Å². The first-order chi connectivity index (χ1) is 9.79. The van der Waals surface area contributed by atoms with E-state index in [0.29, 0.717) is 0 Å². The zero-order chi connectivity index (χ0) is 13.9. The van der Waals surface area contributed by atoms with Crippen LogP contribution in [-0.4, -0.2) is 10.9 Å². The third-order valence-corrected chi connectivity index (χ3v) is 3.56. The van der Waals surface area contributed by atoms with Crippen molar-refractivity contribution in [2.24, 2.45) is 10.7 Å². The summed E-state index contributed by atoms with van der Waals surface area (Å²) in [4.78, 5) is 9.15. The molecule has 20 heavy (non-hydrogen) atoms. The molecule has 0 fully saturated rings. The van der Waals surface area contributed by atoms with E-state index in [0.717, 1.165) is 53.5 Å². The first kappa shape index (κ1) is 12.4. The number of nitrogens with two attached hydrogens (primary N) is 1. The number of aryl methyl sites for hydroxylation is 1. The highest BCUT2D eigenvalue weighted by Crippen LogP contribution is 2.35. The Morgan fingerprint density at radius 2 is 2.10 bits per heavy atom. The maximum atomic E-state index is 8.63. The zero-order valence-corrected chi connectivity index (χ0v) is 11.1. The van der Waals surface area contributed by atoms with Gasteiger partial charge in [-0.3, -0.25) is 10.3 Å². The standard InChI is InChI=1S/C15H15N5/c16-9-18-15(17)20-14-10-5-1-3-7-12(10)19-13-8-4-2-6-11(13)14/h1,3,5,7H,2,4,6,8H2,(H3,17,18,19,20). The molecule has 0 atom stereocenters. The second-order valence-corrected chi connectivity index (χ2v) is 4.84.